The standard InChI is InChI=1S/C22H36FN7O9S/c1-9(2)17(22(38)27-10(3)19(35)29-11(13(31)6-23)5-15(33)39-4)30-21(37)16(24)20(36)26-7-14(32)28-12(8-40)18(25)34/h9-12,16-17,40H,5-8,24H2,1-4H3,(H2,25,34)(H,26,36)(H,27,38)(H,28,32)(H,29,35)(H,30,37). The SMILES string of the molecule is COC(=O)CC(NC(=O)C(C)NC(=O)C(NC(=O)C(N)C(=O)NCC(=O)NC(CS)C(N)=O)C(C)C)C(=O)CF. The van der Waals surface area contributed by atoms with Crippen molar-refractivity contribution in [3.63, 3.8) is 0 Å². The van der Waals surface area contributed by atoms with Crippen LogP contribution in [-0.4, -0.2) is 103 Å². The fourth-order valence-corrected chi connectivity index (χ4v) is 3.15. The molecule has 9 N–H and O–H groups in total. The van der Waals surface area contributed by atoms with Crippen LogP contribution in [0.1, 0.15) is 27.2 Å². The Morgan fingerprint density at radius 3 is 1.93 bits per heavy atom. The van der Waals surface area contributed by atoms with Gasteiger partial charge in [0.2, 0.25) is 35.4 Å². The van der Waals surface area contributed by atoms with Crippen LogP contribution >= 0.6 is 12.6 Å². The molecule has 0 spiro atoms. The van der Waals surface area contributed by atoms with Crippen molar-refractivity contribution in [1.82, 2.24) is 26.6 Å². The second kappa shape index (κ2) is 17.7. The Morgan fingerprint density at radius 2 is 1.45 bits per heavy atom. The summed E-state index contributed by atoms with van der Waals surface area (Å²) in [6, 6.07) is -7.03. The average molecular weight is 594 g/mol. The average Bonchev–Trinajstić information content (AvgIpc) is 2.90. The molecule has 0 aromatic rings. The van der Waals surface area contributed by atoms with Crippen LogP contribution in [-0.2, 0) is 43.1 Å². The van der Waals surface area contributed by atoms with E-state index in [1.165, 1.54) is 6.92 Å². The lowest BCUT2D eigenvalue weighted by Gasteiger charge is -2.25. The number of carbonyl (C=O) groups is 8. The highest BCUT2D eigenvalue weighted by Gasteiger charge is 2.32. The number of carbonyl (C=O) groups excluding carboxylic acids is 8. The molecular formula is C22H36FN7O9S. The molecule has 6 amide bonds. The normalized spacial score (nSPS) is 14.4. The molecule has 0 fully saturated rings. The molecule has 0 aliphatic heterocycles. The van der Waals surface area contributed by atoms with Gasteiger partial charge in [-0.25, -0.2) is 4.39 Å². The van der Waals surface area contributed by atoms with E-state index in [1.54, 1.807) is 13.8 Å². The number of rotatable bonds is 17. The van der Waals surface area contributed by atoms with E-state index < -0.39 is 103 Å². The molecule has 0 aliphatic carbocycles. The predicted molar refractivity (Wildman–Crippen MR) is 140 cm³/mol. The number of primary amides is 1. The maximum Gasteiger partial charge on any atom is 0.308 e. The fourth-order valence-electron chi connectivity index (χ4n) is 2.88. The van der Waals surface area contributed by atoms with E-state index in [9.17, 15) is 42.7 Å². The summed E-state index contributed by atoms with van der Waals surface area (Å²) in [7, 11) is 1.04. The number of thiol groups is 1. The summed E-state index contributed by atoms with van der Waals surface area (Å²) in [5, 5.41) is 11.1. The summed E-state index contributed by atoms with van der Waals surface area (Å²) in [4.78, 5) is 96.2. The number of methoxy groups -OCH3 is 1. The van der Waals surface area contributed by atoms with Crippen LogP contribution < -0.4 is 38.1 Å². The third kappa shape index (κ3) is 12.4. The predicted octanol–water partition coefficient (Wildman–Crippen LogP) is -4.44. The van der Waals surface area contributed by atoms with E-state index >= 15 is 0 Å². The highest BCUT2D eigenvalue weighted by molar-refractivity contribution is 7.80. The van der Waals surface area contributed by atoms with Crippen molar-refractivity contribution in [2.45, 2.75) is 57.4 Å². The lowest BCUT2D eigenvalue weighted by molar-refractivity contribution is -0.143. The number of esters is 1. The summed E-state index contributed by atoms with van der Waals surface area (Å²) in [6.45, 7) is 2.25. The number of ether oxygens (including phenoxy) is 1. The lowest BCUT2D eigenvalue weighted by Crippen LogP contribution is -2.60. The van der Waals surface area contributed by atoms with E-state index in [-0.39, 0.29) is 5.75 Å². The van der Waals surface area contributed by atoms with Gasteiger partial charge in [-0.3, -0.25) is 38.4 Å². The maximum absolute atomic E-state index is 12.8. The van der Waals surface area contributed by atoms with Gasteiger partial charge in [0.25, 0.3) is 0 Å². The number of Topliss-reactive ketones (excluding diaryl/α,β-unsaturated/α-hetero) is 1. The second-order valence-electron chi connectivity index (χ2n) is 8.80. The van der Waals surface area contributed by atoms with Gasteiger partial charge in [0.05, 0.1) is 20.1 Å². The number of hydrogen-bond acceptors (Lipinski definition) is 11. The van der Waals surface area contributed by atoms with E-state index in [0.717, 1.165) is 7.11 Å². The highest BCUT2D eigenvalue weighted by Crippen LogP contribution is 2.04. The number of amides is 6. The zero-order chi connectivity index (χ0) is 31.2. The van der Waals surface area contributed by atoms with Gasteiger partial charge in [0.15, 0.2) is 11.8 Å². The van der Waals surface area contributed by atoms with Crippen molar-refractivity contribution in [2.24, 2.45) is 17.4 Å². The van der Waals surface area contributed by atoms with Gasteiger partial charge in [-0.15, -0.1) is 0 Å². The Morgan fingerprint density at radius 1 is 0.850 bits per heavy atom. The van der Waals surface area contributed by atoms with Gasteiger partial charge in [0, 0.05) is 5.75 Å². The van der Waals surface area contributed by atoms with Crippen LogP contribution in [0.4, 0.5) is 4.39 Å². The van der Waals surface area contributed by atoms with Crippen molar-refractivity contribution in [3.8, 4) is 0 Å². The molecule has 0 bridgehead atoms. The van der Waals surface area contributed by atoms with Crippen LogP contribution in [0.5, 0.6) is 0 Å². The Kier molecular flexibility index (Phi) is 16.0. The maximum atomic E-state index is 12.8. The molecule has 18 heteroatoms. The highest BCUT2D eigenvalue weighted by atomic mass is 32.1. The van der Waals surface area contributed by atoms with Crippen LogP contribution in [0.3, 0.4) is 0 Å². The number of nitrogens with one attached hydrogen (secondary N) is 5. The van der Waals surface area contributed by atoms with E-state index in [2.05, 4.69) is 43.9 Å². The summed E-state index contributed by atoms with van der Waals surface area (Å²) >= 11 is 3.86. The Labute approximate surface area is 235 Å². The van der Waals surface area contributed by atoms with Crippen LogP contribution in [0, 0.1) is 5.92 Å². The Balaban J connectivity index is 5.14. The molecule has 5 unspecified atom stereocenters. The number of halogens is 1. The van der Waals surface area contributed by atoms with Crippen molar-refractivity contribution in [1.29, 1.82) is 0 Å². The van der Waals surface area contributed by atoms with Crippen LogP contribution in [0.25, 0.3) is 0 Å². The minimum absolute atomic E-state index is 0.0836. The molecule has 5 atom stereocenters. The molecule has 0 saturated carbocycles. The molecule has 40 heavy (non-hydrogen) atoms. The van der Waals surface area contributed by atoms with Crippen molar-refractivity contribution in [3.05, 3.63) is 0 Å². The van der Waals surface area contributed by atoms with E-state index in [4.69, 9.17) is 11.5 Å². The van der Waals surface area contributed by atoms with Crippen LogP contribution in [0.15, 0.2) is 0 Å². The van der Waals surface area contributed by atoms with Crippen molar-refractivity contribution >= 4 is 59.8 Å². The van der Waals surface area contributed by atoms with Gasteiger partial charge < -0.3 is 42.8 Å². The summed E-state index contributed by atoms with van der Waals surface area (Å²) < 4.78 is 17.2. The third-order valence-electron chi connectivity index (χ3n) is 5.28. The van der Waals surface area contributed by atoms with E-state index in [0.29, 0.717) is 0 Å². The molecule has 0 aromatic carbocycles. The molecule has 0 aliphatic rings. The van der Waals surface area contributed by atoms with E-state index in [1.807, 2.05) is 0 Å². The summed E-state index contributed by atoms with van der Waals surface area (Å²) in [5.74, 6) is -8.18. The smallest absolute Gasteiger partial charge is 0.308 e. The zero-order valence-electron chi connectivity index (χ0n) is 22.4. The first-order valence-electron chi connectivity index (χ1n) is 11.9. The summed E-state index contributed by atoms with van der Waals surface area (Å²) in [6.07, 6.45) is -0.626. The third-order valence-corrected chi connectivity index (χ3v) is 5.65. The molecule has 0 aromatic heterocycles. The first-order chi connectivity index (χ1) is 18.6. The molecule has 0 heterocycles. The Hall–Kier alpha value is -3.80. The van der Waals surface area contributed by atoms with Gasteiger partial charge in [-0.2, -0.15) is 12.6 Å². The number of alkyl halides is 1. The minimum Gasteiger partial charge on any atom is -0.469 e. The van der Waals surface area contributed by atoms with Crippen LogP contribution in [0.2, 0.25) is 0 Å². The number of nitrogens with two attached hydrogens (primary N) is 2. The topological polar surface area (TPSA) is 258 Å². The molecule has 16 nitrogen and oxygen atoms in total. The molecule has 0 radical (unpaired) electrons. The monoisotopic (exact) mass is 593 g/mol. The first-order valence-corrected chi connectivity index (χ1v) is 12.5. The van der Waals surface area contributed by atoms with Gasteiger partial charge in [-0.1, -0.05) is 13.8 Å². The van der Waals surface area contributed by atoms with Crippen molar-refractivity contribution in [2.75, 3.05) is 26.1 Å². The van der Waals surface area contributed by atoms with Crippen molar-refractivity contribution < 1.29 is 47.5 Å². The summed E-state index contributed by atoms with van der Waals surface area (Å²) in [5.41, 5.74) is 10.7. The Bertz CT molecular complexity index is 982. The van der Waals surface area contributed by atoms with Gasteiger partial charge in [0.1, 0.15) is 30.8 Å². The first kappa shape index (κ1) is 36.2. The number of hydrogen-bond donors (Lipinski definition) is 8. The largest absolute Gasteiger partial charge is 0.469 e. The fraction of sp³-hybridized carbons (Fsp3) is 0.636. The second-order valence-corrected chi connectivity index (χ2v) is 9.17. The minimum atomic E-state index is -1.84. The zero-order valence-corrected chi connectivity index (χ0v) is 23.3. The van der Waals surface area contributed by atoms with Gasteiger partial charge >= 0.3 is 5.97 Å². The number of ketones is 1. The molecule has 0 saturated heterocycles. The molecule has 0 rings (SSSR count). The lowest BCUT2D eigenvalue weighted by atomic mass is 10.0. The van der Waals surface area contributed by atoms with Gasteiger partial charge in [-0.05, 0) is 12.8 Å². The molecular weight excluding hydrogens is 557 g/mol. The quantitative estimate of drug-likeness (QED) is 0.0456. The molecule has 226 valence electrons.